The van der Waals surface area contributed by atoms with E-state index in [2.05, 4.69) is 33.8 Å². The number of esters is 1. The molecular weight excluding hydrogens is 480 g/mol. The van der Waals surface area contributed by atoms with E-state index in [1.54, 1.807) is 0 Å². The molecule has 9 heteroatoms. The lowest BCUT2D eigenvalue weighted by molar-refractivity contribution is -0.327. The molecule has 4 aliphatic rings. The third kappa shape index (κ3) is 5.01. The first-order valence-electron chi connectivity index (χ1n) is 13.7. The lowest BCUT2D eigenvalue weighted by Crippen LogP contribution is -2.62. The average molecular weight is 527 g/mol. The van der Waals surface area contributed by atoms with E-state index in [0.29, 0.717) is 11.8 Å². The number of carbonyl (C=O) groups is 1. The van der Waals surface area contributed by atoms with Gasteiger partial charge in [0.25, 0.3) is 0 Å². The molecule has 0 aromatic rings. The van der Waals surface area contributed by atoms with Crippen LogP contribution in [0.25, 0.3) is 0 Å². The molecule has 11 atom stereocenters. The summed E-state index contributed by atoms with van der Waals surface area (Å²) in [4.78, 5) is 11.6. The second-order valence-electron chi connectivity index (χ2n) is 12.9. The van der Waals surface area contributed by atoms with Crippen LogP contribution in [0, 0.1) is 28.1 Å². The predicted octanol–water partition coefficient (Wildman–Crippen LogP) is 1.67. The van der Waals surface area contributed by atoms with Gasteiger partial charge in [0.15, 0.2) is 6.29 Å². The molecule has 1 heterocycles. The molecule has 0 aromatic carbocycles. The molecule has 3 aliphatic carbocycles. The summed E-state index contributed by atoms with van der Waals surface area (Å²) in [5, 5.41) is 50.4. The highest BCUT2D eigenvalue weighted by molar-refractivity contribution is 5.66. The van der Waals surface area contributed by atoms with E-state index in [4.69, 9.17) is 14.2 Å². The Morgan fingerprint density at radius 2 is 1.76 bits per heavy atom. The first-order chi connectivity index (χ1) is 17.3. The lowest BCUT2D eigenvalue weighted by atomic mass is 9.45. The van der Waals surface area contributed by atoms with Crippen LogP contribution in [0.2, 0.25) is 0 Å². The van der Waals surface area contributed by atoms with Gasteiger partial charge >= 0.3 is 5.97 Å². The molecule has 0 radical (unpaired) electrons. The van der Waals surface area contributed by atoms with E-state index in [0.717, 1.165) is 38.5 Å². The van der Waals surface area contributed by atoms with Gasteiger partial charge in [-0.2, -0.15) is 0 Å². The second-order valence-corrected chi connectivity index (χ2v) is 12.9. The van der Waals surface area contributed by atoms with Crippen molar-refractivity contribution in [1.29, 1.82) is 0 Å². The number of hydrogen-bond acceptors (Lipinski definition) is 9. The van der Waals surface area contributed by atoms with Gasteiger partial charge in [-0.25, -0.2) is 0 Å². The summed E-state index contributed by atoms with van der Waals surface area (Å²) in [5.74, 6) is 0.358. The zero-order chi connectivity index (χ0) is 27.3. The molecule has 2 saturated carbocycles. The molecule has 0 unspecified atom stereocenters. The number of ether oxygens (including phenoxy) is 3. The van der Waals surface area contributed by atoms with Crippen LogP contribution in [-0.4, -0.2) is 87.6 Å². The van der Waals surface area contributed by atoms with E-state index in [1.807, 2.05) is 0 Å². The SMILES string of the molecule is CC(=O)O[C@@H](CO)[C@]1(C)C=C2CC[C@H]3C(C)(C)[C@H](O[C@@H]4O[C@H](CO)[C@@H](O)[C@H](O)[C@H]4O)CC[C@@]3(C)[C@H]2CC1. The van der Waals surface area contributed by atoms with Crippen LogP contribution in [0.1, 0.15) is 73.1 Å². The van der Waals surface area contributed by atoms with Crippen LogP contribution in [0.4, 0.5) is 0 Å². The molecule has 5 N–H and O–H groups in total. The molecule has 0 bridgehead atoms. The van der Waals surface area contributed by atoms with Crippen LogP contribution in [0.15, 0.2) is 11.6 Å². The normalized spacial score (nSPS) is 46.3. The van der Waals surface area contributed by atoms with Crippen molar-refractivity contribution >= 4 is 5.97 Å². The molecule has 0 amide bonds. The third-order valence-corrected chi connectivity index (χ3v) is 10.3. The number of allylic oxidation sites excluding steroid dienone is 1. The fourth-order valence-electron chi connectivity index (χ4n) is 8.15. The Hall–Kier alpha value is -1.07. The van der Waals surface area contributed by atoms with Crippen LogP contribution >= 0.6 is 0 Å². The molecule has 1 saturated heterocycles. The number of aliphatic hydroxyl groups is 5. The summed E-state index contributed by atoms with van der Waals surface area (Å²) < 4.78 is 17.5. The van der Waals surface area contributed by atoms with Crippen molar-refractivity contribution in [3.63, 3.8) is 0 Å². The van der Waals surface area contributed by atoms with Crippen LogP contribution < -0.4 is 0 Å². The molecule has 212 valence electrons. The van der Waals surface area contributed by atoms with Crippen LogP contribution in [0.3, 0.4) is 0 Å². The van der Waals surface area contributed by atoms with Crippen molar-refractivity contribution in [2.45, 2.75) is 116 Å². The van der Waals surface area contributed by atoms with Gasteiger partial charge in [0.1, 0.15) is 30.5 Å². The van der Waals surface area contributed by atoms with Gasteiger partial charge < -0.3 is 39.7 Å². The third-order valence-electron chi connectivity index (χ3n) is 10.3. The van der Waals surface area contributed by atoms with Crippen molar-refractivity contribution in [2.75, 3.05) is 13.2 Å². The van der Waals surface area contributed by atoms with E-state index in [-0.39, 0.29) is 29.5 Å². The van der Waals surface area contributed by atoms with Gasteiger partial charge in [-0.3, -0.25) is 4.79 Å². The van der Waals surface area contributed by atoms with Crippen molar-refractivity contribution in [3.8, 4) is 0 Å². The van der Waals surface area contributed by atoms with Crippen LogP contribution in [-0.2, 0) is 19.0 Å². The maximum Gasteiger partial charge on any atom is 0.303 e. The van der Waals surface area contributed by atoms with E-state index < -0.39 is 48.8 Å². The Labute approximate surface area is 219 Å². The molecular formula is C28H46O9. The zero-order valence-corrected chi connectivity index (χ0v) is 22.8. The van der Waals surface area contributed by atoms with Gasteiger partial charge in [-0.15, -0.1) is 0 Å². The Morgan fingerprint density at radius 1 is 1.05 bits per heavy atom. The van der Waals surface area contributed by atoms with E-state index in [9.17, 15) is 30.3 Å². The lowest BCUT2D eigenvalue weighted by Gasteiger charge is -2.62. The minimum atomic E-state index is -1.46. The Kier molecular flexibility index (Phi) is 8.20. The van der Waals surface area contributed by atoms with Crippen molar-refractivity contribution in [1.82, 2.24) is 0 Å². The number of aliphatic hydroxyl groups excluding tert-OH is 5. The molecule has 37 heavy (non-hydrogen) atoms. The van der Waals surface area contributed by atoms with Gasteiger partial charge in [0, 0.05) is 12.3 Å². The predicted molar refractivity (Wildman–Crippen MR) is 134 cm³/mol. The molecule has 9 nitrogen and oxygen atoms in total. The summed E-state index contributed by atoms with van der Waals surface area (Å²) >= 11 is 0. The quantitative estimate of drug-likeness (QED) is 0.198. The minimum Gasteiger partial charge on any atom is -0.459 e. The zero-order valence-electron chi connectivity index (χ0n) is 22.8. The van der Waals surface area contributed by atoms with Crippen molar-refractivity contribution in [3.05, 3.63) is 11.6 Å². The largest absolute Gasteiger partial charge is 0.459 e. The standard InChI is InChI=1S/C28H46O9/c1-15(31)35-21(14-30)27(4)10-8-17-16(12-27)6-7-19-26(2,3)20(9-11-28(17,19)5)37-25-24(34)23(33)22(32)18(13-29)36-25/h12,17-25,29-30,32-34H,6-11,13-14H2,1-5H3/t17-,18+,19-,20+,21-,22+,23-,24+,25-,27-,28-/m0/s1. The maximum atomic E-state index is 11.6. The summed E-state index contributed by atoms with van der Waals surface area (Å²) in [5.41, 5.74) is 0.792. The molecule has 0 aromatic heterocycles. The molecule has 4 rings (SSSR count). The first kappa shape index (κ1) is 28.9. The highest BCUT2D eigenvalue weighted by Gasteiger charge is 2.59. The number of rotatable bonds is 6. The first-order valence-corrected chi connectivity index (χ1v) is 13.7. The highest BCUT2D eigenvalue weighted by Crippen LogP contribution is 2.64. The topological polar surface area (TPSA) is 146 Å². The maximum absolute atomic E-state index is 11.6. The fraction of sp³-hybridized carbons (Fsp3) is 0.893. The summed E-state index contributed by atoms with van der Waals surface area (Å²) in [6.07, 6.45) is 0.457. The van der Waals surface area contributed by atoms with Gasteiger partial charge in [-0.1, -0.05) is 39.3 Å². The second kappa shape index (κ2) is 10.5. The molecule has 1 aliphatic heterocycles. The van der Waals surface area contributed by atoms with Gasteiger partial charge in [0.05, 0.1) is 19.3 Å². The Bertz CT molecular complexity index is 872. The number of carbonyl (C=O) groups excluding carboxylic acids is 1. The molecule has 0 spiro atoms. The fourth-order valence-corrected chi connectivity index (χ4v) is 8.15. The molecule has 3 fully saturated rings. The van der Waals surface area contributed by atoms with Gasteiger partial charge in [0.2, 0.25) is 0 Å². The highest BCUT2D eigenvalue weighted by atomic mass is 16.7. The average Bonchev–Trinajstić information content (AvgIpc) is 2.83. The van der Waals surface area contributed by atoms with Crippen molar-refractivity contribution < 1.29 is 44.5 Å². The Balaban J connectivity index is 1.52. The Morgan fingerprint density at radius 3 is 2.38 bits per heavy atom. The minimum absolute atomic E-state index is 0.0420. The summed E-state index contributed by atoms with van der Waals surface area (Å²) in [7, 11) is 0. The number of fused-ring (bicyclic) bond motifs is 3. The van der Waals surface area contributed by atoms with Crippen LogP contribution in [0.5, 0.6) is 0 Å². The monoisotopic (exact) mass is 526 g/mol. The van der Waals surface area contributed by atoms with E-state index >= 15 is 0 Å². The summed E-state index contributed by atoms with van der Waals surface area (Å²) in [6, 6.07) is 0. The van der Waals surface area contributed by atoms with Crippen molar-refractivity contribution in [2.24, 2.45) is 28.1 Å². The summed E-state index contributed by atoms with van der Waals surface area (Å²) in [6.45, 7) is 9.55. The number of hydrogen-bond donors (Lipinski definition) is 5. The van der Waals surface area contributed by atoms with E-state index in [1.165, 1.54) is 12.5 Å². The smallest absolute Gasteiger partial charge is 0.303 e. The van der Waals surface area contributed by atoms with Gasteiger partial charge in [-0.05, 0) is 61.2 Å².